The van der Waals surface area contributed by atoms with E-state index in [9.17, 15) is 5.11 Å². The van der Waals surface area contributed by atoms with Gasteiger partial charge in [0.2, 0.25) is 0 Å². The summed E-state index contributed by atoms with van der Waals surface area (Å²) in [6, 6.07) is 3.11. The maximum absolute atomic E-state index is 9.35. The van der Waals surface area contributed by atoms with Gasteiger partial charge in [-0.1, -0.05) is 11.6 Å². The highest BCUT2D eigenvalue weighted by Crippen LogP contribution is 2.37. The SMILES string of the molecule is NC1CCOc2cc(Cl)c(O)cc21. The highest BCUT2D eigenvalue weighted by atomic mass is 35.5. The molecule has 2 rings (SSSR count). The highest BCUT2D eigenvalue weighted by molar-refractivity contribution is 6.32. The third-order valence-electron chi connectivity index (χ3n) is 2.17. The van der Waals surface area contributed by atoms with Crippen LogP contribution in [0.1, 0.15) is 18.0 Å². The lowest BCUT2D eigenvalue weighted by atomic mass is 10.0. The second-order valence-electron chi connectivity index (χ2n) is 3.09. The summed E-state index contributed by atoms with van der Waals surface area (Å²) >= 11 is 5.72. The molecule has 1 aliphatic heterocycles. The van der Waals surface area contributed by atoms with Crippen LogP contribution in [-0.4, -0.2) is 11.7 Å². The zero-order chi connectivity index (χ0) is 9.42. The van der Waals surface area contributed by atoms with Crippen molar-refractivity contribution in [1.82, 2.24) is 0 Å². The predicted molar refractivity (Wildman–Crippen MR) is 50.2 cm³/mol. The molecule has 0 fully saturated rings. The van der Waals surface area contributed by atoms with Gasteiger partial charge in [-0.25, -0.2) is 0 Å². The number of hydrogen-bond acceptors (Lipinski definition) is 3. The fraction of sp³-hybridized carbons (Fsp3) is 0.333. The number of ether oxygens (including phenoxy) is 1. The van der Waals surface area contributed by atoms with Crippen molar-refractivity contribution < 1.29 is 9.84 Å². The quantitative estimate of drug-likeness (QED) is 0.670. The minimum atomic E-state index is -0.0630. The molecular formula is C9H10ClNO2. The molecule has 3 nitrogen and oxygen atoms in total. The number of benzene rings is 1. The molecule has 13 heavy (non-hydrogen) atoms. The van der Waals surface area contributed by atoms with Crippen LogP contribution in [0.4, 0.5) is 0 Å². The van der Waals surface area contributed by atoms with Gasteiger partial charge in [0.25, 0.3) is 0 Å². The first kappa shape index (κ1) is 8.66. The minimum Gasteiger partial charge on any atom is -0.506 e. The van der Waals surface area contributed by atoms with Gasteiger partial charge in [-0.05, 0) is 6.07 Å². The molecule has 1 aromatic carbocycles. The lowest BCUT2D eigenvalue weighted by Crippen LogP contribution is -2.20. The molecule has 0 saturated heterocycles. The van der Waals surface area contributed by atoms with Crippen LogP contribution in [-0.2, 0) is 0 Å². The van der Waals surface area contributed by atoms with Crippen LogP contribution in [0.25, 0.3) is 0 Å². The molecule has 3 N–H and O–H groups in total. The van der Waals surface area contributed by atoms with Crippen LogP contribution in [0, 0.1) is 0 Å². The highest BCUT2D eigenvalue weighted by Gasteiger charge is 2.19. The van der Waals surface area contributed by atoms with E-state index >= 15 is 0 Å². The monoisotopic (exact) mass is 199 g/mol. The van der Waals surface area contributed by atoms with Gasteiger partial charge in [-0.15, -0.1) is 0 Å². The lowest BCUT2D eigenvalue weighted by molar-refractivity contribution is 0.268. The van der Waals surface area contributed by atoms with Crippen molar-refractivity contribution in [2.75, 3.05) is 6.61 Å². The van der Waals surface area contributed by atoms with Crippen molar-refractivity contribution in [3.63, 3.8) is 0 Å². The van der Waals surface area contributed by atoms with Crippen molar-refractivity contribution in [1.29, 1.82) is 0 Å². The molecule has 0 aliphatic carbocycles. The summed E-state index contributed by atoms with van der Waals surface area (Å²) in [6.07, 6.45) is 0.772. The normalized spacial score (nSPS) is 20.6. The van der Waals surface area contributed by atoms with Crippen molar-refractivity contribution >= 4 is 11.6 Å². The van der Waals surface area contributed by atoms with Crippen molar-refractivity contribution in [2.24, 2.45) is 5.73 Å². The summed E-state index contributed by atoms with van der Waals surface area (Å²) in [7, 11) is 0. The van der Waals surface area contributed by atoms with E-state index in [1.165, 1.54) is 0 Å². The van der Waals surface area contributed by atoms with Gasteiger partial charge < -0.3 is 15.6 Å². The Hall–Kier alpha value is -0.930. The molecule has 0 bridgehead atoms. The topological polar surface area (TPSA) is 55.5 Å². The predicted octanol–water partition coefficient (Wildman–Crippen LogP) is 1.83. The first-order valence-corrected chi connectivity index (χ1v) is 4.47. The Morgan fingerprint density at radius 1 is 1.54 bits per heavy atom. The second kappa shape index (κ2) is 3.09. The first-order chi connectivity index (χ1) is 6.18. The van der Waals surface area contributed by atoms with Crippen LogP contribution < -0.4 is 10.5 Å². The average Bonchev–Trinajstić information content (AvgIpc) is 2.09. The fourth-order valence-electron chi connectivity index (χ4n) is 1.43. The van der Waals surface area contributed by atoms with E-state index in [1.807, 2.05) is 0 Å². The number of fused-ring (bicyclic) bond motifs is 1. The van der Waals surface area contributed by atoms with E-state index in [1.54, 1.807) is 12.1 Å². The van der Waals surface area contributed by atoms with Gasteiger partial charge in [0.05, 0.1) is 11.6 Å². The molecule has 1 aromatic rings. The second-order valence-corrected chi connectivity index (χ2v) is 3.49. The summed E-state index contributed by atoms with van der Waals surface area (Å²) in [6.45, 7) is 0.606. The van der Waals surface area contributed by atoms with E-state index in [2.05, 4.69) is 0 Å². The maximum atomic E-state index is 9.35. The van der Waals surface area contributed by atoms with Crippen LogP contribution in [0.15, 0.2) is 12.1 Å². The third kappa shape index (κ3) is 1.45. The molecule has 1 atom stereocenters. The van der Waals surface area contributed by atoms with Gasteiger partial charge in [-0.2, -0.15) is 0 Å². The summed E-state index contributed by atoms with van der Waals surface area (Å²) in [4.78, 5) is 0. The van der Waals surface area contributed by atoms with Gasteiger partial charge in [-0.3, -0.25) is 0 Å². The number of hydrogen-bond donors (Lipinski definition) is 2. The van der Waals surface area contributed by atoms with Crippen LogP contribution in [0.3, 0.4) is 0 Å². The summed E-state index contributed by atoms with van der Waals surface area (Å²) < 4.78 is 5.35. The fourth-order valence-corrected chi connectivity index (χ4v) is 1.58. The van der Waals surface area contributed by atoms with Gasteiger partial charge in [0.15, 0.2) is 0 Å². The molecule has 1 heterocycles. The summed E-state index contributed by atoms with van der Waals surface area (Å²) in [5, 5.41) is 9.65. The van der Waals surface area contributed by atoms with E-state index in [4.69, 9.17) is 22.1 Å². The van der Waals surface area contributed by atoms with Gasteiger partial charge in [0.1, 0.15) is 11.5 Å². The van der Waals surface area contributed by atoms with E-state index in [0.717, 1.165) is 12.0 Å². The first-order valence-electron chi connectivity index (χ1n) is 4.09. The number of halogens is 1. The number of phenols is 1. The van der Waals surface area contributed by atoms with Crippen molar-refractivity contribution in [3.8, 4) is 11.5 Å². The standard InChI is InChI=1S/C9H10ClNO2/c10-6-4-9-5(3-8(6)12)7(11)1-2-13-9/h3-4,7,12H,1-2,11H2. The molecule has 1 aliphatic rings. The smallest absolute Gasteiger partial charge is 0.134 e. The number of aromatic hydroxyl groups is 1. The summed E-state index contributed by atoms with van der Waals surface area (Å²) in [5.41, 5.74) is 6.66. The average molecular weight is 200 g/mol. The zero-order valence-corrected chi connectivity index (χ0v) is 7.71. The Morgan fingerprint density at radius 3 is 3.08 bits per heavy atom. The van der Waals surface area contributed by atoms with Crippen LogP contribution in [0.2, 0.25) is 5.02 Å². The molecule has 4 heteroatoms. The molecule has 0 radical (unpaired) electrons. The Bertz CT molecular complexity index is 341. The van der Waals surface area contributed by atoms with Crippen LogP contribution >= 0.6 is 11.6 Å². The Labute approximate surface area is 81.1 Å². The Kier molecular flexibility index (Phi) is 2.06. The van der Waals surface area contributed by atoms with Crippen molar-refractivity contribution in [3.05, 3.63) is 22.7 Å². The lowest BCUT2D eigenvalue weighted by Gasteiger charge is -2.23. The molecule has 0 spiro atoms. The van der Waals surface area contributed by atoms with E-state index in [0.29, 0.717) is 17.4 Å². The minimum absolute atomic E-state index is 0.0568. The molecule has 0 amide bonds. The number of rotatable bonds is 0. The molecule has 1 unspecified atom stereocenters. The molecule has 0 aromatic heterocycles. The third-order valence-corrected chi connectivity index (χ3v) is 2.47. The molecular weight excluding hydrogens is 190 g/mol. The van der Waals surface area contributed by atoms with E-state index in [-0.39, 0.29) is 11.8 Å². The van der Waals surface area contributed by atoms with Gasteiger partial charge in [0, 0.05) is 24.1 Å². The Balaban J connectivity index is 2.52. The van der Waals surface area contributed by atoms with Crippen molar-refractivity contribution in [2.45, 2.75) is 12.5 Å². The van der Waals surface area contributed by atoms with Crippen LogP contribution in [0.5, 0.6) is 11.5 Å². The molecule has 0 saturated carbocycles. The van der Waals surface area contributed by atoms with Gasteiger partial charge >= 0.3 is 0 Å². The maximum Gasteiger partial charge on any atom is 0.134 e. The number of nitrogens with two attached hydrogens (primary N) is 1. The van der Waals surface area contributed by atoms with E-state index < -0.39 is 0 Å². The molecule has 70 valence electrons. The summed E-state index contributed by atoms with van der Waals surface area (Å²) in [5.74, 6) is 0.739. The number of phenolic OH excluding ortho intramolecular Hbond substituents is 1. The zero-order valence-electron chi connectivity index (χ0n) is 6.96. The largest absolute Gasteiger partial charge is 0.506 e. The Morgan fingerprint density at radius 2 is 2.31 bits per heavy atom.